The van der Waals surface area contributed by atoms with E-state index in [1.807, 2.05) is 24.4 Å². The summed E-state index contributed by atoms with van der Waals surface area (Å²) >= 11 is 1.68. The Labute approximate surface area is 208 Å². The van der Waals surface area contributed by atoms with Gasteiger partial charge in [-0.1, -0.05) is 6.07 Å². The summed E-state index contributed by atoms with van der Waals surface area (Å²) in [5.41, 5.74) is 13.2. The van der Waals surface area contributed by atoms with E-state index in [9.17, 15) is 9.90 Å². The van der Waals surface area contributed by atoms with E-state index in [-0.39, 0.29) is 35.5 Å². The zero-order chi connectivity index (χ0) is 24.8. The predicted molar refractivity (Wildman–Crippen MR) is 136 cm³/mol. The molecule has 3 aromatic rings. The van der Waals surface area contributed by atoms with Crippen molar-refractivity contribution in [2.75, 3.05) is 37.7 Å². The monoisotopic (exact) mass is 497 g/mol. The molecule has 1 aliphatic heterocycles. The number of pyridine rings is 2. The zero-order valence-corrected chi connectivity index (χ0v) is 20.5. The molecule has 3 aromatic heterocycles. The number of hydrogen-bond acceptors (Lipinski definition) is 10. The first kappa shape index (κ1) is 24.8. The van der Waals surface area contributed by atoms with Gasteiger partial charge < -0.3 is 26.6 Å². The molecule has 0 unspecified atom stereocenters. The first-order chi connectivity index (χ1) is 16.9. The molecular weight excluding hydrogens is 466 g/mol. The van der Waals surface area contributed by atoms with Gasteiger partial charge in [-0.25, -0.2) is 9.97 Å². The fourth-order valence-electron chi connectivity index (χ4n) is 3.87. The lowest BCUT2D eigenvalue weighted by atomic mass is 9.96. The van der Waals surface area contributed by atoms with E-state index in [0.717, 1.165) is 43.2 Å². The van der Waals surface area contributed by atoms with Crippen LogP contribution in [0, 0.1) is 5.92 Å². The summed E-state index contributed by atoms with van der Waals surface area (Å²) in [5.74, 6) is 0.114. The number of piperidine rings is 1. The number of nitrogens with one attached hydrogen (secondary N) is 1. The van der Waals surface area contributed by atoms with Crippen LogP contribution < -0.4 is 21.5 Å². The molecule has 1 fully saturated rings. The van der Waals surface area contributed by atoms with E-state index in [1.54, 1.807) is 24.5 Å². The molecule has 186 valence electrons. The van der Waals surface area contributed by atoms with Gasteiger partial charge >= 0.3 is 0 Å². The van der Waals surface area contributed by atoms with E-state index in [4.69, 9.17) is 16.2 Å². The van der Waals surface area contributed by atoms with Crippen molar-refractivity contribution in [1.82, 2.24) is 25.2 Å². The van der Waals surface area contributed by atoms with Crippen molar-refractivity contribution in [3.05, 3.63) is 47.2 Å². The molecule has 1 amide bonds. The van der Waals surface area contributed by atoms with Crippen molar-refractivity contribution in [3.8, 4) is 16.6 Å². The van der Waals surface area contributed by atoms with E-state index >= 15 is 0 Å². The van der Waals surface area contributed by atoms with Crippen LogP contribution in [-0.2, 0) is 6.54 Å². The normalized spacial score (nSPS) is 15.6. The van der Waals surface area contributed by atoms with Crippen molar-refractivity contribution in [3.63, 3.8) is 0 Å². The van der Waals surface area contributed by atoms with Gasteiger partial charge in [-0.05, 0) is 57.0 Å². The predicted octanol–water partition coefficient (Wildman–Crippen LogP) is 2.17. The Bertz CT molecular complexity index is 1130. The average molecular weight is 498 g/mol. The number of carbonyl (C=O) groups excluding carboxylic acids is 1. The number of nitrogens with zero attached hydrogens (tertiary/aromatic N) is 4. The zero-order valence-electron chi connectivity index (χ0n) is 19.7. The Morgan fingerprint density at radius 3 is 2.83 bits per heavy atom. The first-order valence-corrected chi connectivity index (χ1v) is 12.4. The highest BCUT2D eigenvalue weighted by molar-refractivity contribution is 7.14. The van der Waals surface area contributed by atoms with Crippen molar-refractivity contribution in [2.45, 2.75) is 32.4 Å². The summed E-state index contributed by atoms with van der Waals surface area (Å²) in [6.45, 7) is 4.82. The van der Waals surface area contributed by atoms with Gasteiger partial charge in [0.2, 0.25) is 5.88 Å². The van der Waals surface area contributed by atoms with Crippen LogP contribution in [0.4, 0.5) is 11.4 Å². The number of aliphatic hydroxyl groups excluding tert-OH is 1. The lowest BCUT2D eigenvalue weighted by Gasteiger charge is -2.31. The highest BCUT2D eigenvalue weighted by Crippen LogP contribution is 2.28. The minimum atomic E-state index is -0.515. The molecule has 6 N–H and O–H groups in total. The number of rotatable bonds is 9. The summed E-state index contributed by atoms with van der Waals surface area (Å²) in [6.07, 6.45) is 5.19. The van der Waals surface area contributed by atoms with Gasteiger partial charge in [0.1, 0.15) is 22.5 Å². The molecule has 35 heavy (non-hydrogen) atoms. The Hall–Kier alpha value is -3.28. The molecule has 0 radical (unpaired) electrons. The smallest absolute Gasteiger partial charge is 0.270 e. The highest BCUT2D eigenvalue weighted by Gasteiger charge is 2.22. The Balaban J connectivity index is 1.25. The molecule has 0 aliphatic carbocycles. The molecule has 11 heteroatoms. The van der Waals surface area contributed by atoms with Gasteiger partial charge in [-0.15, -0.1) is 11.3 Å². The van der Waals surface area contributed by atoms with Gasteiger partial charge in [-0.2, -0.15) is 0 Å². The molecule has 10 nitrogen and oxygen atoms in total. The van der Waals surface area contributed by atoms with Crippen LogP contribution in [0.25, 0.3) is 10.7 Å². The third-order valence-electron chi connectivity index (χ3n) is 5.93. The quantitative estimate of drug-likeness (QED) is 0.348. The number of aliphatic hydroxyl groups is 1. The fraction of sp³-hybridized carbons (Fsp3) is 0.417. The van der Waals surface area contributed by atoms with Crippen LogP contribution in [-0.4, -0.2) is 63.2 Å². The van der Waals surface area contributed by atoms with Gasteiger partial charge in [0, 0.05) is 30.4 Å². The van der Waals surface area contributed by atoms with Crippen LogP contribution in [0.5, 0.6) is 5.88 Å². The second-order valence-electron chi connectivity index (χ2n) is 8.70. The van der Waals surface area contributed by atoms with Crippen LogP contribution in [0.3, 0.4) is 0 Å². The largest absolute Gasteiger partial charge is 0.471 e. The molecule has 0 saturated carbocycles. The molecule has 0 aromatic carbocycles. The van der Waals surface area contributed by atoms with Crippen molar-refractivity contribution in [2.24, 2.45) is 5.92 Å². The second kappa shape index (κ2) is 11.4. The second-order valence-corrected chi connectivity index (χ2v) is 9.82. The third kappa shape index (κ3) is 6.44. The Morgan fingerprint density at radius 1 is 1.31 bits per heavy atom. The summed E-state index contributed by atoms with van der Waals surface area (Å²) in [6, 6.07) is 7.28. The van der Waals surface area contributed by atoms with Crippen molar-refractivity contribution < 1.29 is 14.6 Å². The van der Waals surface area contributed by atoms with E-state index in [0.29, 0.717) is 12.5 Å². The summed E-state index contributed by atoms with van der Waals surface area (Å²) in [5, 5.41) is 13.1. The van der Waals surface area contributed by atoms with Gasteiger partial charge in [0.15, 0.2) is 0 Å². The number of nitrogens with two attached hydrogens (primary N) is 2. The molecule has 0 spiro atoms. The van der Waals surface area contributed by atoms with E-state index in [2.05, 4.69) is 25.2 Å². The highest BCUT2D eigenvalue weighted by atomic mass is 32.1. The summed E-state index contributed by atoms with van der Waals surface area (Å²) in [7, 11) is 0. The number of hydrogen-bond donors (Lipinski definition) is 4. The number of thiazole rings is 1. The fourth-order valence-corrected chi connectivity index (χ4v) is 4.80. The number of anilines is 2. The standard InChI is InChI=1S/C24H31N7O3S/c1-15(14-32)34-23-21(26)18(25)10-20(30-23)22(33)28-11-16-5-8-31(9-6-16)13-17-12-29-24(35-17)19-4-2-3-7-27-19/h2-4,7,10,12,15-16,32H,5-6,8-9,11,13-14,26H2,1H3,(H2,25,30)(H,28,33)/t15-/m1/s1. The molecule has 4 rings (SSSR count). The van der Waals surface area contributed by atoms with Gasteiger partial charge in [0.25, 0.3) is 5.91 Å². The summed E-state index contributed by atoms with van der Waals surface area (Å²) < 4.78 is 5.49. The average Bonchev–Trinajstić information content (AvgIpc) is 3.35. The molecule has 1 aliphatic rings. The lowest BCUT2D eigenvalue weighted by Crippen LogP contribution is -2.38. The molecular formula is C24H31N7O3S. The minimum absolute atomic E-state index is 0.0549. The lowest BCUT2D eigenvalue weighted by molar-refractivity contribution is 0.0926. The minimum Gasteiger partial charge on any atom is -0.471 e. The van der Waals surface area contributed by atoms with Crippen LogP contribution in [0.1, 0.15) is 35.1 Å². The molecule has 1 saturated heterocycles. The van der Waals surface area contributed by atoms with Gasteiger partial charge in [-0.3, -0.25) is 14.7 Å². The SMILES string of the molecule is C[C@H](CO)Oc1nc(C(=O)NCC2CCN(Cc3cnc(-c4ccccn4)s3)CC2)cc(N)c1N. The molecule has 4 heterocycles. The number of nitrogen functional groups attached to an aromatic ring is 2. The first-order valence-electron chi connectivity index (χ1n) is 11.6. The van der Waals surface area contributed by atoms with Crippen molar-refractivity contribution in [1.29, 1.82) is 0 Å². The Kier molecular flexibility index (Phi) is 8.11. The number of likely N-dealkylation sites (tertiary alicyclic amines) is 1. The number of aromatic nitrogens is 3. The maximum Gasteiger partial charge on any atom is 0.270 e. The third-order valence-corrected chi connectivity index (χ3v) is 6.94. The summed E-state index contributed by atoms with van der Waals surface area (Å²) in [4.78, 5) is 29.4. The number of ether oxygens (including phenoxy) is 1. The number of carbonyl (C=O) groups is 1. The number of amides is 1. The maximum atomic E-state index is 12.7. The van der Waals surface area contributed by atoms with Crippen molar-refractivity contribution >= 4 is 28.6 Å². The van der Waals surface area contributed by atoms with Crippen LogP contribution in [0.15, 0.2) is 36.7 Å². The maximum absolute atomic E-state index is 12.7. The van der Waals surface area contributed by atoms with E-state index < -0.39 is 6.10 Å². The van der Waals surface area contributed by atoms with Gasteiger partial charge in [0.05, 0.1) is 18.0 Å². The Morgan fingerprint density at radius 2 is 2.11 bits per heavy atom. The van der Waals surface area contributed by atoms with Crippen LogP contribution in [0.2, 0.25) is 0 Å². The van der Waals surface area contributed by atoms with E-state index in [1.165, 1.54) is 10.9 Å². The molecule has 1 atom stereocenters. The van der Waals surface area contributed by atoms with Crippen LogP contribution >= 0.6 is 11.3 Å². The molecule has 0 bridgehead atoms. The topological polar surface area (TPSA) is 153 Å².